The van der Waals surface area contributed by atoms with E-state index in [1.807, 2.05) is 44.7 Å². The number of carbonyl (C=O) groups is 5. The van der Waals surface area contributed by atoms with Gasteiger partial charge in [0.1, 0.15) is 23.9 Å². The summed E-state index contributed by atoms with van der Waals surface area (Å²) in [6.45, 7) is 12.6. The van der Waals surface area contributed by atoms with Crippen molar-refractivity contribution in [2.24, 2.45) is 17.8 Å². The molecular weight excluding hydrogens is 799 g/mol. The molecule has 2 aliphatic heterocycles. The van der Waals surface area contributed by atoms with Gasteiger partial charge in [0.2, 0.25) is 17.7 Å². The number of benzene rings is 3. The van der Waals surface area contributed by atoms with Crippen LogP contribution < -0.4 is 16.0 Å². The van der Waals surface area contributed by atoms with Crippen molar-refractivity contribution in [3.63, 3.8) is 0 Å². The Kier molecular flexibility index (Phi) is 12.0. The second-order valence-corrected chi connectivity index (χ2v) is 19.0. The van der Waals surface area contributed by atoms with E-state index in [9.17, 15) is 24.0 Å². The first-order valence-electron chi connectivity index (χ1n) is 22.5. The van der Waals surface area contributed by atoms with Crippen molar-refractivity contribution >= 4 is 46.6 Å². The topological polar surface area (TPSA) is 175 Å². The van der Waals surface area contributed by atoms with E-state index < -0.39 is 30.3 Å². The number of nitrogens with zero attached hydrogens (tertiary/aromatic N) is 3. The lowest BCUT2D eigenvalue weighted by Crippen LogP contribution is -2.57. The number of hydrogen-bond acceptors (Lipinski definition) is 8. The van der Waals surface area contributed by atoms with Crippen LogP contribution in [0.4, 0.5) is 15.3 Å². The smallest absolute Gasteiger partial charge is 0.407 e. The summed E-state index contributed by atoms with van der Waals surface area (Å²) in [7, 11) is 2.57. The van der Waals surface area contributed by atoms with Gasteiger partial charge in [-0.2, -0.15) is 0 Å². The maximum absolute atomic E-state index is 14.3. The first kappa shape index (κ1) is 43.7. The maximum atomic E-state index is 14.3. The lowest BCUT2D eigenvalue weighted by molar-refractivity contribution is -0.142. The number of ether oxygens (including phenoxy) is 2. The van der Waals surface area contributed by atoms with Crippen molar-refractivity contribution in [1.82, 2.24) is 30.4 Å². The van der Waals surface area contributed by atoms with Gasteiger partial charge in [0.25, 0.3) is 0 Å². The van der Waals surface area contributed by atoms with Crippen LogP contribution in [0.15, 0.2) is 54.6 Å². The summed E-state index contributed by atoms with van der Waals surface area (Å²) >= 11 is 0. The van der Waals surface area contributed by atoms with Gasteiger partial charge in [-0.3, -0.25) is 14.4 Å². The van der Waals surface area contributed by atoms with Crippen molar-refractivity contribution in [2.75, 3.05) is 26.1 Å². The molecule has 4 aliphatic rings. The molecule has 6 atom stereocenters. The number of alkyl carbamates (subject to hydrolysis) is 2. The number of anilines is 1. The Morgan fingerprint density at radius 2 is 1.38 bits per heavy atom. The van der Waals surface area contributed by atoms with Crippen LogP contribution in [0.2, 0.25) is 0 Å². The van der Waals surface area contributed by atoms with Crippen LogP contribution in [0, 0.1) is 17.8 Å². The van der Waals surface area contributed by atoms with Crippen LogP contribution in [-0.4, -0.2) is 94.6 Å². The van der Waals surface area contributed by atoms with Crippen LogP contribution in [0.1, 0.15) is 109 Å². The van der Waals surface area contributed by atoms with E-state index >= 15 is 0 Å². The minimum Gasteiger partial charge on any atom is -0.453 e. The molecule has 2 saturated heterocycles. The third-order valence-electron chi connectivity index (χ3n) is 14.1. The molecule has 8 rings (SSSR count). The lowest BCUT2D eigenvalue weighted by atomic mass is 9.81. The zero-order chi connectivity index (χ0) is 44.9. The van der Waals surface area contributed by atoms with E-state index in [4.69, 9.17) is 14.5 Å². The number of methoxy groups -OCH3 is 2. The summed E-state index contributed by atoms with van der Waals surface area (Å²) in [5.41, 5.74) is 8.61. The van der Waals surface area contributed by atoms with Gasteiger partial charge >= 0.3 is 12.2 Å². The maximum Gasteiger partial charge on any atom is 0.407 e. The van der Waals surface area contributed by atoms with E-state index in [1.165, 1.54) is 19.8 Å². The van der Waals surface area contributed by atoms with E-state index in [0.717, 1.165) is 83.2 Å². The van der Waals surface area contributed by atoms with Crippen LogP contribution >= 0.6 is 0 Å². The molecule has 0 unspecified atom stereocenters. The number of aromatic amines is 1. The third-order valence-corrected chi connectivity index (χ3v) is 14.1. The second-order valence-electron chi connectivity index (χ2n) is 19.0. The number of carbonyl (C=O) groups excluding carboxylic acids is 5. The molecule has 0 bridgehead atoms. The Bertz CT molecular complexity index is 2440. The fraction of sp³-hybridized carbons (Fsp3) is 0.510. The second kappa shape index (κ2) is 17.3. The number of imidazole rings is 1. The third kappa shape index (κ3) is 8.12. The predicted octanol–water partition coefficient (Wildman–Crippen LogP) is 8.06. The number of nitrogens with one attached hydrogen (secondary N) is 4. The van der Waals surface area contributed by atoms with Crippen LogP contribution in [0.25, 0.3) is 33.3 Å². The first-order valence-corrected chi connectivity index (χ1v) is 22.5. The highest BCUT2D eigenvalue weighted by Gasteiger charge is 2.49. The average molecular weight is 860 g/mol. The number of hydrogen-bond donors (Lipinski definition) is 4. The molecule has 14 nitrogen and oxygen atoms in total. The highest BCUT2D eigenvalue weighted by molar-refractivity contribution is 6.00. The zero-order valence-electron chi connectivity index (χ0n) is 37.7. The molecule has 5 amide bonds. The molecule has 3 fully saturated rings. The summed E-state index contributed by atoms with van der Waals surface area (Å²) in [4.78, 5) is 78.6. The molecule has 4 aromatic rings. The van der Waals surface area contributed by atoms with E-state index in [1.54, 1.807) is 4.90 Å². The number of rotatable bonds is 10. The first-order chi connectivity index (χ1) is 30.1. The van der Waals surface area contributed by atoms with Crippen molar-refractivity contribution in [3.8, 4) is 22.3 Å². The Morgan fingerprint density at radius 1 is 0.762 bits per heavy atom. The molecule has 3 heterocycles. The fourth-order valence-corrected chi connectivity index (χ4v) is 10.7. The van der Waals surface area contributed by atoms with Crippen molar-refractivity contribution in [2.45, 2.75) is 122 Å². The van der Waals surface area contributed by atoms with Gasteiger partial charge in [0.05, 0.1) is 31.3 Å². The zero-order valence-corrected chi connectivity index (χ0v) is 37.7. The number of aromatic nitrogens is 2. The Balaban J connectivity index is 1.01. The van der Waals surface area contributed by atoms with E-state index in [2.05, 4.69) is 77.2 Å². The van der Waals surface area contributed by atoms with Crippen LogP contribution in [0.5, 0.6) is 0 Å². The van der Waals surface area contributed by atoms with E-state index in [0.29, 0.717) is 18.7 Å². The van der Waals surface area contributed by atoms with E-state index in [-0.39, 0.29) is 53.0 Å². The molecule has 14 heteroatoms. The average Bonchev–Trinajstić information content (AvgIpc) is 4.06. The van der Waals surface area contributed by atoms with Crippen LogP contribution in [-0.2, 0) is 29.3 Å². The fourth-order valence-electron chi connectivity index (χ4n) is 10.7. The highest BCUT2D eigenvalue weighted by atomic mass is 16.5. The molecule has 0 spiro atoms. The van der Waals surface area contributed by atoms with Crippen LogP contribution in [0.3, 0.4) is 0 Å². The SMILES string of the molecule is COC(=O)N[C@H](C(=O)N1CCC[C@H]1c1nc2ccc(-c3ccc4c(c3)C(C)(C)c3cc(NC(=O)[C@@H]5C[C@@H]6CCCC[C@@H]6N5C(=O)[C@@H](NC(=O)OC)C(C)C)ccc3-4)cc2[nH]1)C(C)C. The normalized spacial score (nSPS) is 22.0. The van der Waals surface area contributed by atoms with Crippen molar-refractivity contribution in [1.29, 1.82) is 0 Å². The number of fused-ring (bicyclic) bond motifs is 5. The quantitative estimate of drug-likeness (QED) is 0.124. The largest absolute Gasteiger partial charge is 0.453 e. The highest BCUT2D eigenvalue weighted by Crippen LogP contribution is 2.51. The van der Waals surface area contributed by atoms with Gasteiger partial charge in [-0.05, 0) is 114 Å². The van der Waals surface area contributed by atoms with Gasteiger partial charge < -0.3 is 40.2 Å². The summed E-state index contributed by atoms with van der Waals surface area (Å²) in [6, 6.07) is 16.4. The van der Waals surface area contributed by atoms with Gasteiger partial charge in [-0.25, -0.2) is 14.6 Å². The van der Waals surface area contributed by atoms with Crippen molar-refractivity contribution in [3.05, 3.63) is 71.5 Å². The number of likely N-dealkylation sites (tertiary alicyclic amines) is 2. The number of H-pyrrole nitrogens is 1. The summed E-state index contributed by atoms with van der Waals surface area (Å²) < 4.78 is 9.64. The molecule has 1 saturated carbocycles. The van der Waals surface area contributed by atoms with Gasteiger partial charge in [0.15, 0.2) is 0 Å². The molecule has 63 heavy (non-hydrogen) atoms. The Labute approximate surface area is 369 Å². The minimum absolute atomic E-state index is 0.0458. The number of amides is 5. The van der Waals surface area contributed by atoms with Crippen molar-refractivity contribution < 1.29 is 33.4 Å². The molecular formula is C49H61N7O7. The molecule has 334 valence electrons. The molecule has 4 N–H and O–H groups in total. The monoisotopic (exact) mass is 859 g/mol. The summed E-state index contributed by atoms with van der Waals surface area (Å²) in [5, 5.41) is 8.65. The van der Waals surface area contributed by atoms with Gasteiger partial charge in [0, 0.05) is 23.7 Å². The molecule has 2 aliphatic carbocycles. The molecule has 0 radical (unpaired) electrons. The summed E-state index contributed by atoms with van der Waals surface area (Å²) in [5.74, 6) is 0.0417. The summed E-state index contributed by atoms with van der Waals surface area (Å²) in [6.07, 6.45) is 4.78. The van der Waals surface area contributed by atoms with Gasteiger partial charge in [-0.15, -0.1) is 0 Å². The van der Waals surface area contributed by atoms with Gasteiger partial charge in [-0.1, -0.05) is 78.6 Å². The molecule has 1 aromatic heterocycles. The Hall–Kier alpha value is -5.92. The molecule has 3 aromatic carbocycles. The predicted molar refractivity (Wildman–Crippen MR) is 241 cm³/mol. The standard InChI is InChI=1S/C49H61N7O7/c1-26(2)41(53-47(60)62-7)45(58)55-21-11-14-39(55)43-51-36-20-16-29(23-37(36)52-43)28-15-18-32-33-19-17-31(25-35(33)49(5,6)34(32)22-28)50-44(57)40-24-30-12-9-10-13-38(30)56(40)46(59)42(27(3)4)54-48(61)63-8/h15-20,22-23,25-27,30,38-42H,9-14,21,24H2,1-8H3,(H,50,57)(H,51,52)(H,53,60)(H,54,61)/t30-,38-,39-,40-,41-,42-/m0/s1. The Morgan fingerprint density at radius 3 is 2.06 bits per heavy atom. The lowest BCUT2D eigenvalue weighted by Gasteiger charge is -2.36. The minimum atomic E-state index is -0.807.